The highest BCUT2D eigenvalue weighted by Gasteiger charge is 2.15. The zero-order valence-corrected chi connectivity index (χ0v) is 11.2. The molecule has 0 aliphatic carbocycles. The molecule has 0 saturated carbocycles. The number of imidazole rings is 1. The third-order valence-corrected chi connectivity index (χ3v) is 3.41. The lowest BCUT2D eigenvalue weighted by Gasteiger charge is -2.07. The molecule has 0 radical (unpaired) electrons. The van der Waals surface area contributed by atoms with Gasteiger partial charge in [-0.1, -0.05) is 60.7 Å². The van der Waals surface area contributed by atoms with Crippen molar-refractivity contribution in [2.24, 2.45) is 7.05 Å². The SMILES string of the molecule is Cc1nc(-c2ccccc2)c(-c2ccccc2)n1C. The van der Waals surface area contributed by atoms with Crippen molar-refractivity contribution >= 4 is 0 Å². The number of hydrogen-bond acceptors (Lipinski definition) is 1. The molecular weight excluding hydrogens is 232 g/mol. The number of rotatable bonds is 2. The molecule has 94 valence electrons. The van der Waals surface area contributed by atoms with Crippen LogP contribution in [0.5, 0.6) is 0 Å². The fraction of sp³-hybridized carbons (Fsp3) is 0.118. The molecule has 0 unspecified atom stereocenters. The Morgan fingerprint density at radius 2 is 1.32 bits per heavy atom. The van der Waals surface area contributed by atoms with Crippen molar-refractivity contribution in [3.8, 4) is 22.5 Å². The van der Waals surface area contributed by atoms with Crippen LogP contribution in [0.3, 0.4) is 0 Å². The summed E-state index contributed by atoms with van der Waals surface area (Å²) in [6, 6.07) is 20.8. The van der Waals surface area contributed by atoms with Crippen LogP contribution in [-0.4, -0.2) is 9.55 Å². The normalized spacial score (nSPS) is 10.6. The fourth-order valence-electron chi connectivity index (χ4n) is 2.33. The van der Waals surface area contributed by atoms with Crippen LogP contribution < -0.4 is 0 Å². The van der Waals surface area contributed by atoms with Gasteiger partial charge in [-0.3, -0.25) is 0 Å². The number of nitrogens with zero attached hydrogens (tertiary/aromatic N) is 2. The second-order valence-electron chi connectivity index (χ2n) is 4.65. The first-order chi connectivity index (χ1) is 9.27. The van der Waals surface area contributed by atoms with Gasteiger partial charge in [-0.05, 0) is 6.92 Å². The number of hydrogen-bond donors (Lipinski definition) is 0. The van der Waals surface area contributed by atoms with Crippen molar-refractivity contribution in [1.82, 2.24) is 9.55 Å². The molecule has 3 aromatic rings. The van der Waals surface area contributed by atoms with Gasteiger partial charge in [0.05, 0.1) is 11.4 Å². The van der Waals surface area contributed by atoms with Crippen molar-refractivity contribution in [2.45, 2.75) is 6.92 Å². The molecule has 0 fully saturated rings. The van der Waals surface area contributed by atoms with Gasteiger partial charge in [-0.25, -0.2) is 4.98 Å². The largest absolute Gasteiger partial charge is 0.331 e. The highest BCUT2D eigenvalue weighted by atomic mass is 15.1. The maximum Gasteiger partial charge on any atom is 0.106 e. The van der Waals surface area contributed by atoms with Crippen molar-refractivity contribution in [3.63, 3.8) is 0 Å². The van der Waals surface area contributed by atoms with Gasteiger partial charge in [0.2, 0.25) is 0 Å². The highest BCUT2D eigenvalue weighted by Crippen LogP contribution is 2.31. The summed E-state index contributed by atoms with van der Waals surface area (Å²) in [6.45, 7) is 2.04. The summed E-state index contributed by atoms with van der Waals surface area (Å²) in [6.07, 6.45) is 0. The zero-order valence-electron chi connectivity index (χ0n) is 11.2. The Morgan fingerprint density at radius 3 is 1.89 bits per heavy atom. The molecule has 0 bridgehead atoms. The summed E-state index contributed by atoms with van der Waals surface area (Å²) < 4.78 is 2.15. The molecule has 0 aliphatic rings. The molecule has 2 nitrogen and oxygen atoms in total. The predicted octanol–water partition coefficient (Wildman–Crippen LogP) is 4.06. The lowest BCUT2D eigenvalue weighted by molar-refractivity contribution is 0.865. The maximum atomic E-state index is 4.72. The van der Waals surface area contributed by atoms with Crippen molar-refractivity contribution in [1.29, 1.82) is 0 Å². The van der Waals surface area contributed by atoms with E-state index < -0.39 is 0 Å². The Bertz CT molecular complexity index is 682. The maximum absolute atomic E-state index is 4.72. The molecular formula is C17H16N2. The van der Waals surface area contributed by atoms with Gasteiger partial charge in [0.1, 0.15) is 5.82 Å². The van der Waals surface area contributed by atoms with E-state index in [1.807, 2.05) is 31.2 Å². The quantitative estimate of drug-likeness (QED) is 0.668. The Morgan fingerprint density at radius 1 is 0.789 bits per heavy atom. The van der Waals surface area contributed by atoms with E-state index in [0.717, 1.165) is 17.1 Å². The van der Waals surface area contributed by atoms with Crippen LogP contribution in [0.4, 0.5) is 0 Å². The lowest BCUT2D eigenvalue weighted by atomic mass is 10.1. The van der Waals surface area contributed by atoms with Gasteiger partial charge in [0, 0.05) is 18.2 Å². The van der Waals surface area contributed by atoms with Gasteiger partial charge in [-0.15, -0.1) is 0 Å². The second-order valence-corrected chi connectivity index (χ2v) is 4.65. The molecule has 2 heteroatoms. The number of aromatic nitrogens is 2. The molecule has 2 aromatic carbocycles. The number of benzene rings is 2. The van der Waals surface area contributed by atoms with Crippen LogP contribution in [-0.2, 0) is 7.05 Å². The van der Waals surface area contributed by atoms with Crippen LogP contribution >= 0.6 is 0 Å². The minimum absolute atomic E-state index is 1.03. The summed E-state index contributed by atoms with van der Waals surface area (Å²) in [5.74, 6) is 1.03. The van der Waals surface area contributed by atoms with Gasteiger partial charge < -0.3 is 4.57 Å². The van der Waals surface area contributed by atoms with E-state index in [1.54, 1.807) is 0 Å². The first-order valence-electron chi connectivity index (χ1n) is 6.41. The molecule has 0 atom stereocenters. The topological polar surface area (TPSA) is 17.8 Å². The van der Waals surface area contributed by atoms with Gasteiger partial charge >= 0.3 is 0 Å². The van der Waals surface area contributed by atoms with E-state index in [0.29, 0.717) is 0 Å². The van der Waals surface area contributed by atoms with E-state index in [4.69, 9.17) is 4.98 Å². The van der Waals surface area contributed by atoms with Crippen molar-refractivity contribution < 1.29 is 0 Å². The lowest BCUT2D eigenvalue weighted by Crippen LogP contribution is -1.94. The Kier molecular flexibility index (Phi) is 2.92. The van der Waals surface area contributed by atoms with Crippen LogP contribution in [0, 0.1) is 6.92 Å². The minimum Gasteiger partial charge on any atom is -0.331 e. The Labute approximate surface area is 113 Å². The Hall–Kier alpha value is -2.35. The van der Waals surface area contributed by atoms with E-state index >= 15 is 0 Å². The van der Waals surface area contributed by atoms with E-state index in [-0.39, 0.29) is 0 Å². The van der Waals surface area contributed by atoms with Crippen LogP contribution in [0.1, 0.15) is 5.82 Å². The standard InChI is InChI=1S/C17H16N2/c1-13-18-16(14-9-5-3-6-10-14)17(19(13)2)15-11-7-4-8-12-15/h3-12H,1-2H3. The third kappa shape index (κ3) is 2.06. The molecule has 1 heterocycles. The predicted molar refractivity (Wildman–Crippen MR) is 78.8 cm³/mol. The van der Waals surface area contributed by atoms with Crippen LogP contribution in [0.15, 0.2) is 60.7 Å². The van der Waals surface area contributed by atoms with E-state index in [1.165, 1.54) is 11.3 Å². The van der Waals surface area contributed by atoms with Crippen molar-refractivity contribution in [2.75, 3.05) is 0 Å². The highest BCUT2D eigenvalue weighted by molar-refractivity contribution is 5.78. The van der Waals surface area contributed by atoms with Crippen LogP contribution in [0.2, 0.25) is 0 Å². The van der Waals surface area contributed by atoms with E-state index in [9.17, 15) is 0 Å². The average molecular weight is 248 g/mol. The third-order valence-electron chi connectivity index (χ3n) is 3.41. The molecule has 0 N–H and O–H groups in total. The molecule has 0 spiro atoms. The summed E-state index contributed by atoms with van der Waals surface area (Å²) in [5, 5.41) is 0. The summed E-state index contributed by atoms with van der Waals surface area (Å²) >= 11 is 0. The van der Waals surface area contributed by atoms with Gasteiger partial charge in [0.15, 0.2) is 0 Å². The second kappa shape index (κ2) is 4.73. The minimum atomic E-state index is 1.03. The zero-order chi connectivity index (χ0) is 13.2. The Balaban J connectivity index is 2.25. The van der Waals surface area contributed by atoms with E-state index in [2.05, 4.69) is 48.0 Å². The molecule has 0 amide bonds. The average Bonchev–Trinajstić information content (AvgIpc) is 2.77. The summed E-state index contributed by atoms with van der Waals surface area (Å²) in [4.78, 5) is 4.72. The van der Waals surface area contributed by atoms with Gasteiger partial charge in [-0.2, -0.15) is 0 Å². The smallest absolute Gasteiger partial charge is 0.106 e. The fourth-order valence-corrected chi connectivity index (χ4v) is 2.33. The van der Waals surface area contributed by atoms with Crippen LogP contribution in [0.25, 0.3) is 22.5 Å². The molecule has 1 aromatic heterocycles. The molecule has 0 aliphatic heterocycles. The summed E-state index contributed by atoms with van der Waals surface area (Å²) in [7, 11) is 2.07. The molecule has 3 rings (SSSR count). The number of aryl methyl sites for hydroxylation is 1. The summed E-state index contributed by atoms with van der Waals surface area (Å²) in [5.41, 5.74) is 4.57. The van der Waals surface area contributed by atoms with Crippen molar-refractivity contribution in [3.05, 3.63) is 66.5 Å². The first-order valence-corrected chi connectivity index (χ1v) is 6.41. The first kappa shape index (κ1) is 11.7. The van der Waals surface area contributed by atoms with Gasteiger partial charge in [0.25, 0.3) is 0 Å². The molecule has 0 saturated heterocycles. The molecule has 19 heavy (non-hydrogen) atoms. The monoisotopic (exact) mass is 248 g/mol.